The van der Waals surface area contributed by atoms with E-state index in [2.05, 4.69) is 9.80 Å². The van der Waals surface area contributed by atoms with Crippen LogP contribution in [0.5, 0.6) is 0 Å². The van der Waals surface area contributed by atoms with Crippen molar-refractivity contribution in [3.8, 4) is 0 Å². The Labute approximate surface area is 183 Å². The Hall–Kier alpha value is -1.02. The highest BCUT2D eigenvalue weighted by Gasteiger charge is 2.23. The van der Waals surface area contributed by atoms with Gasteiger partial charge in [0, 0.05) is 44.0 Å². The van der Waals surface area contributed by atoms with Crippen LogP contribution in [-0.2, 0) is 4.79 Å². The first-order chi connectivity index (χ1) is 12.9. The molecule has 1 aromatic carbocycles. The highest BCUT2D eigenvalue weighted by Crippen LogP contribution is 2.24. The minimum absolute atomic E-state index is 0. The Kier molecular flexibility index (Phi) is 10.8. The minimum Gasteiger partial charge on any atom is -0.369 e. The van der Waals surface area contributed by atoms with Crippen LogP contribution in [0, 0.1) is 23.4 Å². The lowest BCUT2D eigenvalue weighted by molar-refractivity contribution is -0.118. The molecule has 0 saturated carbocycles. The van der Waals surface area contributed by atoms with Crippen LogP contribution in [0.1, 0.15) is 26.2 Å². The molecule has 2 aliphatic heterocycles. The number of Topliss-reactive ketones (excluding diaryl/α,β-unsaturated/α-hetero) is 1. The maximum Gasteiger partial charge on any atom is 0.194 e. The van der Waals surface area contributed by atoms with Crippen LogP contribution in [0.2, 0.25) is 0 Å². The molecular formula is C20H30Cl2F3N3O. The van der Waals surface area contributed by atoms with Crippen LogP contribution in [0.4, 0.5) is 18.9 Å². The second-order valence-corrected chi connectivity index (χ2v) is 7.76. The third kappa shape index (κ3) is 7.31. The van der Waals surface area contributed by atoms with Crippen molar-refractivity contribution < 1.29 is 18.0 Å². The van der Waals surface area contributed by atoms with Gasteiger partial charge in [-0.1, -0.05) is 0 Å². The lowest BCUT2D eigenvalue weighted by Crippen LogP contribution is -2.47. The summed E-state index contributed by atoms with van der Waals surface area (Å²) in [5.74, 6) is -2.75. The van der Waals surface area contributed by atoms with Gasteiger partial charge in [0.15, 0.2) is 17.5 Å². The molecule has 1 aromatic rings. The summed E-state index contributed by atoms with van der Waals surface area (Å²) in [6.45, 7) is 8.27. The molecule has 2 aliphatic rings. The molecule has 0 unspecified atom stereocenters. The van der Waals surface area contributed by atoms with Crippen LogP contribution >= 0.6 is 24.8 Å². The van der Waals surface area contributed by atoms with Gasteiger partial charge >= 0.3 is 0 Å². The van der Waals surface area contributed by atoms with E-state index in [1.807, 2.05) is 4.90 Å². The normalized spacial score (nSPS) is 18.8. The Balaban J connectivity index is 0.00000210. The number of hydrogen-bond acceptors (Lipinski definition) is 4. The van der Waals surface area contributed by atoms with Gasteiger partial charge in [0.2, 0.25) is 0 Å². The van der Waals surface area contributed by atoms with Crippen LogP contribution < -0.4 is 4.90 Å². The molecule has 29 heavy (non-hydrogen) atoms. The molecule has 9 heteroatoms. The van der Waals surface area contributed by atoms with Crippen molar-refractivity contribution in [3.63, 3.8) is 0 Å². The number of halogens is 5. The molecule has 2 saturated heterocycles. The average Bonchev–Trinajstić information content (AvgIpc) is 2.65. The fourth-order valence-electron chi connectivity index (χ4n) is 4.07. The maximum absolute atomic E-state index is 13.4. The lowest BCUT2D eigenvalue weighted by Gasteiger charge is -2.37. The Bertz CT molecular complexity index is 641. The zero-order valence-electron chi connectivity index (χ0n) is 16.7. The van der Waals surface area contributed by atoms with E-state index in [1.165, 1.54) is 0 Å². The van der Waals surface area contributed by atoms with Crippen LogP contribution in [0.15, 0.2) is 12.1 Å². The van der Waals surface area contributed by atoms with Crippen molar-refractivity contribution in [2.24, 2.45) is 5.92 Å². The summed E-state index contributed by atoms with van der Waals surface area (Å²) in [7, 11) is 0. The predicted octanol–water partition coefficient (Wildman–Crippen LogP) is 3.76. The summed E-state index contributed by atoms with van der Waals surface area (Å²) in [5, 5.41) is 0. The number of benzene rings is 1. The number of hydrogen-bond donors (Lipinski definition) is 0. The van der Waals surface area contributed by atoms with Gasteiger partial charge in [0.1, 0.15) is 5.78 Å². The molecule has 0 radical (unpaired) electrons. The molecule has 0 aromatic heterocycles. The number of likely N-dealkylation sites (tertiary alicyclic amines) is 1. The third-order valence-electron chi connectivity index (χ3n) is 5.71. The van der Waals surface area contributed by atoms with Gasteiger partial charge in [-0.05, 0) is 51.7 Å². The molecule has 3 rings (SSSR count). The molecule has 0 amide bonds. The SMILES string of the molecule is CC(=O)CN1CCC(CCN2CCN(c3cc(F)c(F)c(F)c3)CC2)CC1.Cl.Cl. The molecule has 166 valence electrons. The summed E-state index contributed by atoms with van der Waals surface area (Å²) in [6.07, 6.45) is 3.43. The van der Waals surface area contributed by atoms with E-state index in [0.717, 1.165) is 64.1 Å². The Morgan fingerprint density at radius 2 is 1.48 bits per heavy atom. The van der Waals surface area contributed by atoms with Gasteiger partial charge in [-0.3, -0.25) is 14.6 Å². The van der Waals surface area contributed by atoms with Crippen molar-refractivity contribution in [2.75, 3.05) is 57.3 Å². The second kappa shape index (κ2) is 12.0. The van der Waals surface area contributed by atoms with Gasteiger partial charge in [-0.15, -0.1) is 24.8 Å². The number of piperazine rings is 1. The standard InChI is InChI=1S/C20H28F3N3O.2ClH/c1-15(27)14-25-6-3-16(4-7-25)2-5-24-8-10-26(11-9-24)17-12-18(21)20(23)19(22)13-17;;/h12-13,16H,2-11,14H2,1H3;2*1H. The van der Waals surface area contributed by atoms with Crippen molar-refractivity contribution in [2.45, 2.75) is 26.2 Å². The van der Waals surface area contributed by atoms with Crippen molar-refractivity contribution in [1.82, 2.24) is 9.80 Å². The molecule has 0 spiro atoms. The fraction of sp³-hybridized carbons (Fsp3) is 0.650. The van der Waals surface area contributed by atoms with Gasteiger partial charge in [0.05, 0.1) is 6.54 Å². The smallest absolute Gasteiger partial charge is 0.194 e. The topological polar surface area (TPSA) is 26.8 Å². The second-order valence-electron chi connectivity index (χ2n) is 7.76. The van der Waals surface area contributed by atoms with E-state index in [9.17, 15) is 18.0 Å². The highest BCUT2D eigenvalue weighted by atomic mass is 35.5. The zero-order chi connectivity index (χ0) is 19.4. The van der Waals surface area contributed by atoms with Gasteiger partial charge in [-0.25, -0.2) is 13.2 Å². The molecule has 0 aliphatic carbocycles. The van der Waals surface area contributed by atoms with E-state index in [4.69, 9.17) is 0 Å². The molecule has 0 N–H and O–H groups in total. The summed E-state index contributed by atoms with van der Waals surface area (Å²) in [6, 6.07) is 2.14. The largest absolute Gasteiger partial charge is 0.369 e. The Morgan fingerprint density at radius 1 is 0.931 bits per heavy atom. The molecule has 0 atom stereocenters. The van der Waals surface area contributed by atoms with Crippen LogP contribution in [-0.4, -0.2) is 67.9 Å². The van der Waals surface area contributed by atoms with Gasteiger partial charge < -0.3 is 4.90 Å². The number of carbonyl (C=O) groups excluding carboxylic acids is 1. The fourth-order valence-corrected chi connectivity index (χ4v) is 4.07. The van der Waals surface area contributed by atoms with Crippen molar-refractivity contribution >= 4 is 36.3 Å². The number of nitrogens with zero attached hydrogens (tertiary/aromatic N) is 3. The number of carbonyl (C=O) groups is 1. The monoisotopic (exact) mass is 455 g/mol. The lowest BCUT2D eigenvalue weighted by atomic mass is 9.93. The van der Waals surface area contributed by atoms with Crippen LogP contribution in [0.25, 0.3) is 0 Å². The minimum atomic E-state index is -1.41. The molecule has 2 fully saturated rings. The molecular weight excluding hydrogens is 426 g/mol. The number of rotatable bonds is 6. The van der Waals surface area contributed by atoms with Gasteiger partial charge in [-0.2, -0.15) is 0 Å². The van der Waals surface area contributed by atoms with E-state index >= 15 is 0 Å². The Morgan fingerprint density at radius 3 is 2.00 bits per heavy atom. The highest BCUT2D eigenvalue weighted by molar-refractivity contribution is 5.85. The molecule has 0 bridgehead atoms. The van der Waals surface area contributed by atoms with E-state index < -0.39 is 17.5 Å². The summed E-state index contributed by atoms with van der Waals surface area (Å²) in [5.41, 5.74) is 0.406. The number of piperidine rings is 1. The van der Waals surface area contributed by atoms with E-state index in [1.54, 1.807) is 6.92 Å². The predicted molar refractivity (Wildman–Crippen MR) is 114 cm³/mol. The third-order valence-corrected chi connectivity index (χ3v) is 5.71. The number of ketones is 1. The molecule has 4 nitrogen and oxygen atoms in total. The maximum atomic E-state index is 13.4. The first kappa shape index (κ1) is 26.0. The zero-order valence-corrected chi connectivity index (χ0v) is 18.3. The van der Waals surface area contributed by atoms with E-state index in [-0.39, 0.29) is 30.6 Å². The summed E-state index contributed by atoms with van der Waals surface area (Å²) in [4.78, 5) is 17.7. The van der Waals surface area contributed by atoms with E-state index in [0.29, 0.717) is 31.2 Å². The van der Waals surface area contributed by atoms with Crippen molar-refractivity contribution in [3.05, 3.63) is 29.6 Å². The number of anilines is 1. The van der Waals surface area contributed by atoms with Crippen molar-refractivity contribution in [1.29, 1.82) is 0 Å². The quantitative estimate of drug-likeness (QED) is 0.610. The first-order valence-electron chi connectivity index (χ1n) is 9.76. The first-order valence-corrected chi connectivity index (χ1v) is 9.76. The van der Waals surface area contributed by atoms with Crippen LogP contribution in [0.3, 0.4) is 0 Å². The summed E-state index contributed by atoms with van der Waals surface area (Å²) >= 11 is 0. The average molecular weight is 456 g/mol. The molecule has 2 heterocycles. The summed E-state index contributed by atoms with van der Waals surface area (Å²) < 4.78 is 40.0. The van der Waals surface area contributed by atoms with Gasteiger partial charge in [0.25, 0.3) is 0 Å².